The zero-order valence-electron chi connectivity index (χ0n) is 25.8. The monoisotopic (exact) mass is 804 g/mol. The maximum atomic E-state index is 11.7. The second kappa shape index (κ2) is 17.7. The number of nitrogens with one attached hydrogen (secondary N) is 1. The smallest absolute Gasteiger partial charge is 0.488 e. The van der Waals surface area contributed by atoms with E-state index in [1.165, 1.54) is 17.8 Å². The lowest BCUT2D eigenvalue weighted by atomic mass is 10.2. The summed E-state index contributed by atoms with van der Waals surface area (Å²) in [4.78, 5) is 51.1. The third kappa shape index (κ3) is 14.0. The van der Waals surface area contributed by atoms with Crippen LogP contribution < -0.4 is 21.5 Å². The summed E-state index contributed by atoms with van der Waals surface area (Å²) < 4.78 is 62.4. The third-order valence-corrected chi connectivity index (χ3v) is 11.2. The number of thiocarbonyl (C=S) groups is 1. The van der Waals surface area contributed by atoms with Gasteiger partial charge in [0.25, 0.3) is 0 Å². The normalized spacial score (nSPS) is 18.4. The molecule has 1 aliphatic heterocycles. The number of hydrogen-bond acceptors (Lipinski definition) is 14. The maximum absolute atomic E-state index is 11.7. The predicted octanol–water partition coefficient (Wildman–Crippen LogP) is 5.13. The molecule has 4 atom stereocenters. The second-order valence-electron chi connectivity index (χ2n) is 9.86. The van der Waals surface area contributed by atoms with Gasteiger partial charge >= 0.3 is 29.2 Å². The summed E-state index contributed by atoms with van der Waals surface area (Å²) >= 11 is 12.6. The standard InChI is InChI=1S/C17H18ClNO2S.C8H14N3O12P3S/c1-11(2)6-8-21-16-10-13(4-5-15(16)18)19-17(22)14-7-9-20-12(14)3;9-5-1-2-11(8(12)10-5)6-4-27-7(21-6)3-20-25(16,17)23-26(18,19)22-24(13,14)15/h4-7,9-10H,8H2,1-3H3,(H,19,22);1-2,6-7H,3-4H2,(H,16,17)(H,18,19)(H2,9,10,12)(H2,13,14,15)/t;6-,7+/m.1/s1. The Labute approximate surface area is 294 Å². The Balaban J connectivity index is 0.000000271. The minimum Gasteiger partial charge on any atom is -0.488 e. The fraction of sp³-hybridized carbons (Fsp3) is 0.320. The van der Waals surface area contributed by atoms with Crippen molar-refractivity contribution < 1.29 is 60.3 Å². The SMILES string of the molecule is CC(C)=CCOc1cc(NC(=S)c2ccoc2C)ccc1Cl.Nc1ccn([C@H]2CS[C@@H](COP(=O)(O)OP(=O)(O)OP(=O)(O)O)O2)c(=O)n1. The second-order valence-corrected chi connectivity index (χ2v) is 16.3. The Morgan fingerprint density at radius 3 is 2.51 bits per heavy atom. The van der Waals surface area contributed by atoms with Crippen molar-refractivity contribution in [2.45, 2.75) is 32.4 Å². The quantitative estimate of drug-likeness (QED) is 0.0743. The number of phosphoric ester groups is 1. The van der Waals surface area contributed by atoms with Crippen molar-refractivity contribution >= 4 is 75.5 Å². The molecule has 4 rings (SSSR count). The molecule has 2 unspecified atom stereocenters. The van der Waals surface area contributed by atoms with E-state index in [2.05, 4.69) is 23.4 Å². The maximum Gasteiger partial charge on any atom is 0.490 e. The van der Waals surface area contributed by atoms with E-state index in [0.717, 1.165) is 33.3 Å². The van der Waals surface area contributed by atoms with E-state index in [9.17, 15) is 23.4 Å². The van der Waals surface area contributed by atoms with E-state index in [0.29, 0.717) is 22.4 Å². The molecule has 1 fully saturated rings. The third-order valence-electron chi connectivity index (χ3n) is 5.71. The molecule has 0 amide bonds. The van der Waals surface area contributed by atoms with Crippen LogP contribution in [0.2, 0.25) is 5.02 Å². The van der Waals surface area contributed by atoms with Crippen molar-refractivity contribution in [2.75, 3.05) is 30.0 Å². The molecule has 3 heterocycles. The zero-order chi connectivity index (χ0) is 36.6. The molecule has 3 aromatic rings. The summed E-state index contributed by atoms with van der Waals surface area (Å²) in [6, 6.07) is 8.69. The first kappa shape index (κ1) is 41.0. The number of nitrogens with zero attached hydrogens (tertiary/aromatic N) is 2. The molecule has 2 aromatic heterocycles. The van der Waals surface area contributed by atoms with E-state index < -0.39 is 47.4 Å². The van der Waals surface area contributed by atoms with E-state index in [4.69, 9.17) is 58.1 Å². The number of phosphoric acid groups is 3. The van der Waals surface area contributed by atoms with Gasteiger partial charge in [-0.2, -0.15) is 13.6 Å². The van der Waals surface area contributed by atoms with Crippen LogP contribution in [0, 0.1) is 6.92 Å². The highest BCUT2D eigenvalue weighted by atomic mass is 35.5. The van der Waals surface area contributed by atoms with Crippen LogP contribution in [0.4, 0.5) is 11.5 Å². The number of hydrogen-bond donors (Lipinski definition) is 6. The Morgan fingerprint density at radius 2 is 1.90 bits per heavy atom. The highest BCUT2D eigenvalue weighted by Crippen LogP contribution is 2.66. The van der Waals surface area contributed by atoms with Gasteiger partial charge in [0.2, 0.25) is 0 Å². The fourth-order valence-electron chi connectivity index (χ4n) is 3.59. The Hall–Kier alpha value is -2.38. The summed E-state index contributed by atoms with van der Waals surface area (Å²) in [5.41, 5.74) is 6.72. The largest absolute Gasteiger partial charge is 0.490 e. The first-order chi connectivity index (χ1) is 22.7. The Morgan fingerprint density at radius 1 is 1.18 bits per heavy atom. The molecule has 49 heavy (non-hydrogen) atoms. The summed E-state index contributed by atoms with van der Waals surface area (Å²) in [6.45, 7) is 5.78. The number of aromatic nitrogens is 2. The van der Waals surface area contributed by atoms with Gasteiger partial charge in [0, 0.05) is 23.7 Å². The molecule has 0 bridgehead atoms. The number of nitrogen functional groups attached to an aromatic ring is 1. The topological polar surface area (TPSA) is 264 Å². The number of rotatable bonds is 13. The van der Waals surface area contributed by atoms with Crippen LogP contribution in [0.5, 0.6) is 5.75 Å². The van der Waals surface area contributed by atoms with Gasteiger partial charge in [-0.25, -0.2) is 18.5 Å². The average molecular weight is 805 g/mol. The van der Waals surface area contributed by atoms with E-state index in [-0.39, 0.29) is 11.6 Å². The van der Waals surface area contributed by atoms with Crippen molar-refractivity contribution in [1.82, 2.24) is 9.55 Å². The molecule has 270 valence electrons. The number of thioether (sulfide) groups is 1. The average Bonchev–Trinajstić information content (AvgIpc) is 3.61. The van der Waals surface area contributed by atoms with Gasteiger partial charge < -0.3 is 44.5 Å². The van der Waals surface area contributed by atoms with Crippen molar-refractivity contribution in [3.63, 3.8) is 0 Å². The van der Waals surface area contributed by atoms with Crippen molar-refractivity contribution in [2.24, 2.45) is 0 Å². The minimum atomic E-state index is -5.58. The molecule has 7 N–H and O–H groups in total. The lowest BCUT2D eigenvalue weighted by Gasteiger charge is -2.18. The molecule has 0 aliphatic carbocycles. The van der Waals surface area contributed by atoms with Gasteiger partial charge in [-0.15, -0.1) is 11.8 Å². The van der Waals surface area contributed by atoms with Crippen LogP contribution in [-0.4, -0.2) is 58.5 Å². The van der Waals surface area contributed by atoms with Crippen molar-refractivity contribution in [3.05, 3.63) is 81.3 Å². The first-order valence-corrected chi connectivity index (χ1v) is 19.9. The van der Waals surface area contributed by atoms with Crippen LogP contribution in [0.3, 0.4) is 0 Å². The highest BCUT2D eigenvalue weighted by Gasteiger charge is 2.41. The molecule has 1 aromatic carbocycles. The number of anilines is 2. The molecular weight excluding hydrogens is 773 g/mol. The van der Waals surface area contributed by atoms with E-state index in [1.54, 1.807) is 12.3 Å². The number of allylic oxidation sites excluding steroid dienone is 1. The number of benzene rings is 1. The van der Waals surface area contributed by atoms with Crippen LogP contribution in [0.15, 0.2) is 63.7 Å². The highest BCUT2D eigenvalue weighted by molar-refractivity contribution is 8.00. The van der Waals surface area contributed by atoms with Gasteiger partial charge in [-0.3, -0.25) is 9.09 Å². The van der Waals surface area contributed by atoms with Gasteiger partial charge in [0.05, 0.1) is 23.5 Å². The minimum absolute atomic E-state index is 0.0195. The molecule has 24 heteroatoms. The molecule has 0 saturated carbocycles. The number of halogens is 1. The summed E-state index contributed by atoms with van der Waals surface area (Å²) in [7, 11) is -16.3. The first-order valence-electron chi connectivity index (χ1n) is 13.5. The molecule has 0 radical (unpaired) electrons. The number of ether oxygens (including phenoxy) is 2. The van der Waals surface area contributed by atoms with Crippen LogP contribution in [0.25, 0.3) is 0 Å². The molecule has 18 nitrogen and oxygen atoms in total. The van der Waals surface area contributed by atoms with Crippen molar-refractivity contribution in [3.8, 4) is 5.75 Å². The summed E-state index contributed by atoms with van der Waals surface area (Å²) in [5.74, 6) is 1.67. The zero-order valence-corrected chi connectivity index (χ0v) is 30.8. The molecular formula is C25H32ClN4O14P3S2. The molecule has 1 aliphatic rings. The van der Waals surface area contributed by atoms with Crippen LogP contribution in [0.1, 0.15) is 31.4 Å². The Bertz CT molecular complexity index is 1870. The fourth-order valence-corrected chi connectivity index (χ4v) is 8.20. The van der Waals surface area contributed by atoms with Gasteiger partial charge in [0.15, 0.2) is 0 Å². The van der Waals surface area contributed by atoms with Crippen molar-refractivity contribution in [1.29, 1.82) is 0 Å². The lowest BCUT2D eigenvalue weighted by Crippen LogP contribution is -2.28. The number of nitrogens with two attached hydrogens (primary N) is 1. The number of aryl methyl sites for hydroxylation is 1. The summed E-state index contributed by atoms with van der Waals surface area (Å²) in [6.07, 6.45) is 4.19. The number of furan rings is 1. The van der Waals surface area contributed by atoms with Crippen LogP contribution >= 0.6 is 59.0 Å². The lowest BCUT2D eigenvalue weighted by molar-refractivity contribution is -0.00646. The summed E-state index contributed by atoms with van der Waals surface area (Å²) in [5, 5.41) is 3.74. The predicted molar refractivity (Wildman–Crippen MR) is 184 cm³/mol. The molecule has 1 saturated heterocycles. The van der Waals surface area contributed by atoms with Gasteiger partial charge in [0.1, 0.15) is 40.6 Å². The van der Waals surface area contributed by atoms with Crippen LogP contribution in [-0.2, 0) is 31.6 Å². The van der Waals surface area contributed by atoms with E-state index >= 15 is 0 Å². The van der Waals surface area contributed by atoms with Gasteiger partial charge in [-0.1, -0.05) is 29.4 Å². The van der Waals surface area contributed by atoms with E-state index in [1.807, 2.05) is 45.0 Å². The Kier molecular flexibility index (Phi) is 14.8. The molecule has 0 spiro atoms. The van der Waals surface area contributed by atoms with Gasteiger partial charge in [-0.05, 0) is 51.1 Å².